The summed E-state index contributed by atoms with van der Waals surface area (Å²) in [6, 6.07) is 5.86. The summed E-state index contributed by atoms with van der Waals surface area (Å²) >= 11 is 3.36. The van der Waals surface area contributed by atoms with Crippen LogP contribution in [0.1, 0.15) is 28.5 Å². The molecule has 0 aliphatic heterocycles. The minimum absolute atomic E-state index is 0.153. The standard InChI is InChI=1S/C14H16BrN3O/c1-4-18-13(11(15)8-16-18)14(19)17-12-7-5-6-9(2)10(12)3/h5-8H,4H2,1-3H3,(H,17,19). The molecule has 100 valence electrons. The maximum Gasteiger partial charge on any atom is 0.275 e. The van der Waals surface area contributed by atoms with Crippen LogP contribution >= 0.6 is 15.9 Å². The second kappa shape index (κ2) is 5.57. The summed E-state index contributed by atoms with van der Waals surface area (Å²) in [5.41, 5.74) is 3.61. The molecule has 0 spiro atoms. The van der Waals surface area contributed by atoms with Gasteiger partial charge >= 0.3 is 0 Å². The van der Waals surface area contributed by atoms with Crippen LogP contribution < -0.4 is 5.32 Å². The monoisotopic (exact) mass is 321 g/mol. The van der Waals surface area contributed by atoms with Crippen molar-refractivity contribution in [3.63, 3.8) is 0 Å². The van der Waals surface area contributed by atoms with Gasteiger partial charge in [-0.05, 0) is 53.9 Å². The zero-order valence-corrected chi connectivity index (χ0v) is 12.8. The number of nitrogens with one attached hydrogen (secondary N) is 1. The van der Waals surface area contributed by atoms with Gasteiger partial charge in [-0.3, -0.25) is 9.48 Å². The van der Waals surface area contributed by atoms with Crippen LogP contribution in [0.15, 0.2) is 28.9 Å². The Labute approximate surface area is 120 Å². The van der Waals surface area contributed by atoms with E-state index in [1.54, 1.807) is 10.9 Å². The van der Waals surface area contributed by atoms with Crippen LogP contribution in [0.4, 0.5) is 5.69 Å². The van der Waals surface area contributed by atoms with E-state index in [0.717, 1.165) is 16.8 Å². The van der Waals surface area contributed by atoms with Gasteiger partial charge in [0.05, 0.1) is 10.7 Å². The average molecular weight is 322 g/mol. The van der Waals surface area contributed by atoms with Gasteiger partial charge in [-0.25, -0.2) is 0 Å². The summed E-state index contributed by atoms with van der Waals surface area (Å²) in [6.45, 7) is 6.63. The topological polar surface area (TPSA) is 46.9 Å². The summed E-state index contributed by atoms with van der Waals surface area (Å²) in [4.78, 5) is 12.3. The molecule has 0 aliphatic carbocycles. The van der Waals surface area contributed by atoms with Crippen LogP contribution in [0.3, 0.4) is 0 Å². The van der Waals surface area contributed by atoms with Crippen LogP contribution in [0.5, 0.6) is 0 Å². The summed E-state index contributed by atoms with van der Waals surface area (Å²) in [6.07, 6.45) is 1.64. The Balaban J connectivity index is 2.31. The second-order valence-electron chi connectivity index (χ2n) is 4.36. The number of aryl methyl sites for hydroxylation is 2. The number of anilines is 1. The first kappa shape index (κ1) is 13.8. The van der Waals surface area contributed by atoms with Crippen LogP contribution in [-0.4, -0.2) is 15.7 Å². The molecule has 0 radical (unpaired) electrons. The van der Waals surface area contributed by atoms with Gasteiger partial charge in [0.1, 0.15) is 5.69 Å². The van der Waals surface area contributed by atoms with Crippen LogP contribution in [0.25, 0.3) is 0 Å². The lowest BCUT2D eigenvalue weighted by molar-refractivity contribution is 0.101. The maximum atomic E-state index is 12.3. The zero-order chi connectivity index (χ0) is 14.0. The van der Waals surface area contributed by atoms with E-state index in [1.807, 2.05) is 39.0 Å². The molecule has 1 N–H and O–H groups in total. The SMILES string of the molecule is CCn1ncc(Br)c1C(=O)Nc1cccc(C)c1C. The van der Waals surface area contributed by atoms with Gasteiger partial charge in [-0.15, -0.1) is 0 Å². The van der Waals surface area contributed by atoms with Crippen molar-refractivity contribution in [2.24, 2.45) is 0 Å². The summed E-state index contributed by atoms with van der Waals surface area (Å²) in [5.74, 6) is -0.153. The fourth-order valence-corrected chi connectivity index (χ4v) is 2.37. The molecular weight excluding hydrogens is 306 g/mol. The van der Waals surface area contributed by atoms with Gasteiger partial charge in [0.25, 0.3) is 5.91 Å². The highest BCUT2D eigenvalue weighted by Gasteiger charge is 2.17. The molecule has 1 aromatic carbocycles. The highest BCUT2D eigenvalue weighted by Crippen LogP contribution is 2.21. The first-order chi connectivity index (χ1) is 9.04. The highest BCUT2D eigenvalue weighted by molar-refractivity contribution is 9.10. The third kappa shape index (κ3) is 2.71. The lowest BCUT2D eigenvalue weighted by Crippen LogP contribution is -2.18. The van der Waals surface area contributed by atoms with Crippen molar-refractivity contribution in [1.82, 2.24) is 9.78 Å². The molecule has 0 unspecified atom stereocenters. The molecule has 0 bridgehead atoms. The predicted octanol–water partition coefficient (Wildman–Crippen LogP) is 3.53. The smallest absolute Gasteiger partial charge is 0.275 e. The van der Waals surface area contributed by atoms with Crippen molar-refractivity contribution in [3.8, 4) is 0 Å². The zero-order valence-electron chi connectivity index (χ0n) is 11.2. The van der Waals surface area contributed by atoms with Crippen LogP contribution in [0, 0.1) is 13.8 Å². The van der Waals surface area contributed by atoms with Crippen molar-refractivity contribution < 1.29 is 4.79 Å². The van der Waals surface area contributed by atoms with E-state index >= 15 is 0 Å². The molecule has 1 heterocycles. The molecule has 0 saturated carbocycles. The van der Waals surface area contributed by atoms with Gasteiger partial charge in [-0.1, -0.05) is 12.1 Å². The fourth-order valence-electron chi connectivity index (χ4n) is 1.90. The Morgan fingerprint density at radius 2 is 2.16 bits per heavy atom. The van der Waals surface area contributed by atoms with E-state index in [9.17, 15) is 4.79 Å². The average Bonchev–Trinajstić information content (AvgIpc) is 2.76. The quantitative estimate of drug-likeness (QED) is 0.939. The number of benzene rings is 1. The largest absolute Gasteiger partial charge is 0.320 e. The van der Waals surface area contributed by atoms with E-state index in [2.05, 4.69) is 26.3 Å². The number of amides is 1. The molecule has 0 saturated heterocycles. The number of halogens is 1. The summed E-state index contributed by atoms with van der Waals surface area (Å²) in [7, 11) is 0. The Morgan fingerprint density at radius 1 is 1.42 bits per heavy atom. The number of carbonyl (C=O) groups excluding carboxylic acids is 1. The molecule has 2 rings (SSSR count). The Morgan fingerprint density at radius 3 is 2.84 bits per heavy atom. The van der Waals surface area contributed by atoms with E-state index in [1.165, 1.54) is 0 Å². The van der Waals surface area contributed by atoms with Gasteiger partial charge in [0.2, 0.25) is 0 Å². The molecule has 4 nitrogen and oxygen atoms in total. The van der Waals surface area contributed by atoms with Gasteiger partial charge in [0.15, 0.2) is 0 Å². The molecule has 1 amide bonds. The summed E-state index contributed by atoms with van der Waals surface area (Å²) in [5, 5.41) is 7.09. The first-order valence-electron chi connectivity index (χ1n) is 6.13. The highest BCUT2D eigenvalue weighted by atomic mass is 79.9. The van der Waals surface area contributed by atoms with E-state index < -0.39 is 0 Å². The van der Waals surface area contributed by atoms with Gasteiger partial charge < -0.3 is 5.32 Å². The molecule has 2 aromatic rings. The summed E-state index contributed by atoms with van der Waals surface area (Å²) < 4.78 is 2.38. The van der Waals surface area contributed by atoms with Crippen molar-refractivity contribution in [2.45, 2.75) is 27.3 Å². The molecule has 19 heavy (non-hydrogen) atoms. The van der Waals surface area contributed by atoms with Crippen molar-refractivity contribution >= 4 is 27.5 Å². The first-order valence-corrected chi connectivity index (χ1v) is 6.92. The Hall–Kier alpha value is -1.62. The molecule has 0 fully saturated rings. The van der Waals surface area contributed by atoms with E-state index in [4.69, 9.17) is 0 Å². The van der Waals surface area contributed by atoms with Crippen molar-refractivity contribution in [1.29, 1.82) is 0 Å². The number of rotatable bonds is 3. The fraction of sp³-hybridized carbons (Fsp3) is 0.286. The molecule has 1 aromatic heterocycles. The van der Waals surface area contributed by atoms with E-state index in [-0.39, 0.29) is 5.91 Å². The molecule has 0 atom stereocenters. The number of carbonyl (C=O) groups is 1. The normalized spacial score (nSPS) is 10.5. The number of nitrogens with zero attached hydrogens (tertiary/aromatic N) is 2. The minimum atomic E-state index is -0.153. The number of hydrogen-bond donors (Lipinski definition) is 1. The van der Waals surface area contributed by atoms with E-state index in [0.29, 0.717) is 16.7 Å². The van der Waals surface area contributed by atoms with Crippen LogP contribution in [-0.2, 0) is 6.54 Å². The number of hydrogen-bond acceptors (Lipinski definition) is 2. The van der Waals surface area contributed by atoms with Crippen molar-refractivity contribution in [3.05, 3.63) is 45.7 Å². The van der Waals surface area contributed by atoms with Gasteiger partial charge in [-0.2, -0.15) is 5.10 Å². The molecular formula is C14H16BrN3O. The number of aromatic nitrogens is 2. The Bertz CT molecular complexity index is 619. The lowest BCUT2D eigenvalue weighted by atomic mass is 10.1. The van der Waals surface area contributed by atoms with Gasteiger partial charge in [0, 0.05) is 12.2 Å². The second-order valence-corrected chi connectivity index (χ2v) is 5.21. The Kier molecular flexibility index (Phi) is 4.04. The molecule has 5 heteroatoms. The lowest BCUT2D eigenvalue weighted by Gasteiger charge is -2.11. The molecule has 0 aliphatic rings. The third-order valence-corrected chi connectivity index (χ3v) is 3.74. The van der Waals surface area contributed by atoms with Crippen molar-refractivity contribution in [2.75, 3.05) is 5.32 Å². The minimum Gasteiger partial charge on any atom is -0.320 e. The van der Waals surface area contributed by atoms with Crippen LogP contribution in [0.2, 0.25) is 0 Å². The maximum absolute atomic E-state index is 12.3. The third-order valence-electron chi connectivity index (χ3n) is 3.16. The predicted molar refractivity (Wildman–Crippen MR) is 79.5 cm³/mol.